The smallest absolute Gasteiger partial charge is 0.119 e. The Balaban J connectivity index is 1.89. The summed E-state index contributed by atoms with van der Waals surface area (Å²) in [5.74, 6) is 0.861. The lowest BCUT2D eigenvalue weighted by Gasteiger charge is -2.38. The molecule has 0 saturated carbocycles. The van der Waals surface area contributed by atoms with E-state index >= 15 is 0 Å². The molecule has 1 N–H and O–H groups in total. The summed E-state index contributed by atoms with van der Waals surface area (Å²) in [6.45, 7) is 10.1. The van der Waals surface area contributed by atoms with Crippen LogP contribution in [0.1, 0.15) is 38.9 Å². The van der Waals surface area contributed by atoms with E-state index in [9.17, 15) is 5.11 Å². The van der Waals surface area contributed by atoms with Crippen molar-refractivity contribution in [2.45, 2.75) is 38.9 Å². The zero-order chi connectivity index (χ0) is 15.3. The van der Waals surface area contributed by atoms with Gasteiger partial charge < -0.3 is 14.6 Å². The zero-order valence-electron chi connectivity index (χ0n) is 13.3. The normalized spacial score (nSPS) is 20.2. The Hall–Kier alpha value is -1.10. The van der Waals surface area contributed by atoms with Crippen LogP contribution in [0.2, 0.25) is 0 Å². The third-order valence-corrected chi connectivity index (χ3v) is 3.67. The fourth-order valence-electron chi connectivity index (χ4n) is 2.63. The van der Waals surface area contributed by atoms with Gasteiger partial charge in [-0.25, -0.2) is 0 Å². The van der Waals surface area contributed by atoms with Crippen molar-refractivity contribution in [2.24, 2.45) is 0 Å². The Morgan fingerprint density at radius 3 is 2.67 bits per heavy atom. The number of rotatable bonds is 6. The van der Waals surface area contributed by atoms with Crippen LogP contribution in [0.15, 0.2) is 24.3 Å². The molecule has 4 nitrogen and oxygen atoms in total. The molecule has 2 rings (SSSR count). The van der Waals surface area contributed by atoms with E-state index in [1.54, 1.807) is 0 Å². The molecule has 0 aromatic heterocycles. The second-order valence-electron chi connectivity index (χ2n) is 6.28. The van der Waals surface area contributed by atoms with E-state index < -0.39 is 6.10 Å². The van der Waals surface area contributed by atoms with Gasteiger partial charge >= 0.3 is 0 Å². The molecule has 0 aliphatic carbocycles. The van der Waals surface area contributed by atoms with Crippen LogP contribution in [0, 0.1) is 0 Å². The van der Waals surface area contributed by atoms with Crippen molar-refractivity contribution >= 4 is 0 Å². The average Bonchev–Trinajstić information content (AvgIpc) is 2.44. The molecule has 21 heavy (non-hydrogen) atoms. The minimum absolute atomic E-state index is 0.129. The first-order valence-electron chi connectivity index (χ1n) is 7.77. The zero-order valence-corrected chi connectivity index (χ0v) is 13.3. The van der Waals surface area contributed by atoms with Gasteiger partial charge in [-0.2, -0.15) is 0 Å². The maximum absolute atomic E-state index is 10.4. The lowest BCUT2D eigenvalue weighted by Crippen LogP contribution is -2.49. The molecular formula is C17H27NO3. The van der Waals surface area contributed by atoms with Gasteiger partial charge in [-0.05, 0) is 38.0 Å². The minimum Gasteiger partial charge on any atom is -0.494 e. The van der Waals surface area contributed by atoms with Gasteiger partial charge in [0.05, 0.1) is 24.9 Å². The molecule has 1 atom stereocenters. The van der Waals surface area contributed by atoms with Crippen LogP contribution >= 0.6 is 0 Å². The van der Waals surface area contributed by atoms with Crippen molar-refractivity contribution in [2.75, 3.05) is 32.8 Å². The van der Waals surface area contributed by atoms with Crippen LogP contribution < -0.4 is 4.74 Å². The Labute approximate surface area is 127 Å². The predicted octanol–water partition coefficient (Wildman–Crippen LogP) is 2.62. The molecule has 1 saturated heterocycles. The second-order valence-corrected chi connectivity index (χ2v) is 6.28. The Kier molecular flexibility index (Phi) is 5.62. The first kappa shape index (κ1) is 16.3. The Bertz CT molecular complexity index is 430. The van der Waals surface area contributed by atoms with E-state index in [1.165, 1.54) is 0 Å². The van der Waals surface area contributed by atoms with Crippen LogP contribution in [-0.2, 0) is 4.74 Å². The summed E-state index contributed by atoms with van der Waals surface area (Å²) < 4.78 is 11.3. The van der Waals surface area contributed by atoms with Gasteiger partial charge in [0.15, 0.2) is 0 Å². The molecule has 1 aliphatic rings. The molecule has 1 heterocycles. The fraction of sp³-hybridized carbons (Fsp3) is 0.647. The first-order chi connectivity index (χ1) is 10.00. The van der Waals surface area contributed by atoms with E-state index in [-0.39, 0.29) is 5.60 Å². The van der Waals surface area contributed by atoms with Gasteiger partial charge in [0.2, 0.25) is 0 Å². The molecule has 1 aromatic rings. The molecular weight excluding hydrogens is 266 g/mol. The van der Waals surface area contributed by atoms with Gasteiger partial charge in [0.25, 0.3) is 0 Å². The number of benzene rings is 1. The first-order valence-corrected chi connectivity index (χ1v) is 7.77. The van der Waals surface area contributed by atoms with Gasteiger partial charge in [-0.15, -0.1) is 0 Å². The highest BCUT2D eigenvalue weighted by atomic mass is 16.5. The molecule has 0 radical (unpaired) electrons. The summed E-state index contributed by atoms with van der Waals surface area (Å²) in [6.07, 6.45) is 0.524. The molecule has 1 aromatic carbocycles. The van der Waals surface area contributed by atoms with Crippen molar-refractivity contribution < 1.29 is 14.6 Å². The molecule has 1 fully saturated rings. The summed E-state index contributed by atoms with van der Waals surface area (Å²) >= 11 is 0. The van der Waals surface area contributed by atoms with E-state index in [0.29, 0.717) is 6.54 Å². The van der Waals surface area contributed by atoms with Crippen LogP contribution in [0.5, 0.6) is 5.75 Å². The molecule has 4 heteroatoms. The molecule has 1 unspecified atom stereocenters. The van der Waals surface area contributed by atoms with Gasteiger partial charge in [-0.3, -0.25) is 4.90 Å². The van der Waals surface area contributed by atoms with E-state index in [0.717, 1.165) is 44.0 Å². The fourth-order valence-corrected chi connectivity index (χ4v) is 2.63. The lowest BCUT2D eigenvalue weighted by atomic mass is 10.1. The lowest BCUT2D eigenvalue weighted by molar-refractivity contribution is -0.0932. The average molecular weight is 293 g/mol. The Morgan fingerprint density at radius 1 is 1.33 bits per heavy atom. The van der Waals surface area contributed by atoms with Crippen LogP contribution in [-0.4, -0.2) is 48.5 Å². The van der Waals surface area contributed by atoms with Crippen molar-refractivity contribution in [1.29, 1.82) is 0 Å². The standard InChI is InChI=1S/C17H27NO3/c1-4-10-20-15-7-5-14(6-8-15)16(19)12-18-9-11-21-17(2,3)13-18/h5-8,16,19H,4,9-13H2,1-3H3. The summed E-state index contributed by atoms with van der Waals surface area (Å²) in [5, 5.41) is 10.4. The number of hydrogen-bond acceptors (Lipinski definition) is 4. The topological polar surface area (TPSA) is 41.9 Å². The number of nitrogens with zero attached hydrogens (tertiary/aromatic N) is 1. The van der Waals surface area contributed by atoms with Crippen LogP contribution in [0.25, 0.3) is 0 Å². The largest absolute Gasteiger partial charge is 0.494 e. The number of aliphatic hydroxyl groups excluding tert-OH is 1. The monoisotopic (exact) mass is 293 g/mol. The highest BCUT2D eigenvalue weighted by Crippen LogP contribution is 2.22. The number of ether oxygens (including phenoxy) is 2. The highest BCUT2D eigenvalue weighted by Gasteiger charge is 2.28. The van der Waals surface area contributed by atoms with Crippen LogP contribution in [0.3, 0.4) is 0 Å². The van der Waals surface area contributed by atoms with E-state index in [4.69, 9.17) is 9.47 Å². The number of hydrogen-bond donors (Lipinski definition) is 1. The number of morpholine rings is 1. The van der Waals surface area contributed by atoms with Crippen molar-refractivity contribution in [3.05, 3.63) is 29.8 Å². The second kappa shape index (κ2) is 7.25. The third kappa shape index (κ3) is 4.99. The molecule has 1 aliphatic heterocycles. The third-order valence-electron chi connectivity index (χ3n) is 3.67. The maximum Gasteiger partial charge on any atom is 0.119 e. The van der Waals surface area contributed by atoms with Crippen LogP contribution in [0.4, 0.5) is 0 Å². The summed E-state index contributed by atoms with van der Waals surface area (Å²) in [5.41, 5.74) is 0.804. The molecule has 118 valence electrons. The minimum atomic E-state index is -0.473. The molecule has 0 bridgehead atoms. The molecule has 0 spiro atoms. The van der Waals surface area contributed by atoms with Gasteiger partial charge in [-0.1, -0.05) is 19.1 Å². The SMILES string of the molecule is CCCOc1ccc(C(O)CN2CCOC(C)(C)C2)cc1. The predicted molar refractivity (Wildman–Crippen MR) is 83.7 cm³/mol. The number of aliphatic hydroxyl groups is 1. The molecule has 0 amide bonds. The van der Waals surface area contributed by atoms with Crippen molar-refractivity contribution in [1.82, 2.24) is 4.90 Å². The van der Waals surface area contributed by atoms with Gasteiger partial charge in [0, 0.05) is 19.6 Å². The van der Waals surface area contributed by atoms with Gasteiger partial charge in [0.1, 0.15) is 5.75 Å². The van der Waals surface area contributed by atoms with Crippen molar-refractivity contribution in [3.8, 4) is 5.75 Å². The maximum atomic E-state index is 10.4. The van der Waals surface area contributed by atoms with E-state index in [2.05, 4.69) is 25.7 Å². The summed E-state index contributed by atoms with van der Waals surface area (Å²) in [6, 6.07) is 7.75. The highest BCUT2D eigenvalue weighted by molar-refractivity contribution is 5.28. The quantitative estimate of drug-likeness (QED) is 0.875. The summed E-state index contributed by atoms with van der Waals surface area (Å²) in [7, 11) is 0. The number of β-amino-alcohol motifs (C(OH)–C–C–N with tert-alkyl or cyclic N) is 1. The van der Waals surface area contributed by atoms with E-state index in [1.807, 2.05) is 24.3 Å². The van der Waals surface area contributed by atoms with Crippen molar-refractivity contribution in [3.63, 3.8) is 0 Å². The Morgan fingerprint density at radius 2 is 2.05 bits per heavy atom. The summed E-state index contributed by atoms with van der Waals surface area (Å²) in [4.78, 5) is 2.26.